The molecule has 0 radical (unpaired) electrons. The first-order chi connectivity index (χ1) is 20.4. The van der Waals surface area contributed by atoms with E-state index in [1.54, 1.807) is 12.1 Å². The normalized spacial score (nSPS) is 40.3. The molecule has 0 bridgehead atoms. The molecule has 4 aliphatic rings. The van der Waals surface area contributed by atoms with Gasteiger partial charge in [-0.2, -0.15) is 0 Å². The van der Waals surface area contributed by atoms with Crippen molar-refractivity contribution in [2.45, 2.75) is 136 Å². The fourth-order valence-corrected chi connectivity index (χ4v) is 12.3. The van der Waals surface area contributed by atoms with E-state index in [-0.39, 0.29) is 45.2 Å². The van der Waals surface area contributed by atoms with Crippen LogP contribution in [0.1, 0.15) is 119 Å². The summed E-state index contributed by atoms with van der Waals surface area (Å²) in [6, 6.07) is 6.81. The lowest BCUT2D eigenvalue weighted by molar-refractivity contribution is -0.203. The number of rotatable bonds is 7. The minimum atomic E-state index is -3.94. The fraction of sp³-hybridized carbons (Fsp3) is 0.811. The molecule has 4 saturated carbocycles. The minimum Gasteiger partial charge on any atom is -0.393 e. The van der Waals surface area contributed by atoms with Gasteiger partial charge in [0.15, 0.2) is 0 Å². The van der Waals surface area contributed by atoms with Gasteiger partial charge in [-0.3, -0.25) is 4.79 Å². The van der Waals surface area contributed by atoms with Crippen LogP contribution >= 0.6 is 0 Å². The molecule has 6 nitrogen and oxygen atoms in total. The number of carbonyl (C=O) groups is 1. The number of fused-ring (bicyclic) bond motifs is 5. The van der Waals surface area contributed by atoms with Gasteiger partial charge < -0.3 is 10.2 Å². The third-order valence-corrected chi connectivity index (χ3v) is 15.0. The number of carbonyl (C=O) groups excluding carboxylic acids is 1. The highest BCUT2D eigenvalue weighted by Crippen LogP contribution is 2.69. The van der Waals surface area contributed by atoms with Crippen molar-refractivity contribution in [3.05, 3.63) is 29.8 Å². The van der Waals surface area contributed by atoms with E-state index in [4.69, 9.17) is 0 Å². The van der Waals surface area contributed by atoms with Crippen molar-refractivity contribution >= 4 is 15.9 Å². The Morgan fingerprint density at radius 2 is 1.57 bits per heavy atom. The summed E-state index contributed by atoms with van der Waals surface area (Å²) in [5, 5.41) is 22.5. The second kappa shape index (κ2) is 12.0. The van der Waals surface area contributed by atoms with E-state index in [9.17, 15) is 23.4 Å². The van der Waals surface area contributed by atoms with Crippen molar-refractivity contribution in [1.82, 2.24) is 4.72 Å². The average Bonchev–Trinajstić information content (AvgIpc) is 3.30. The largest absolute Gasteiger partial charge is 0.393 e. The van der Waals surface area contributed by atoms with Crippen LogP contribution in [-0.2, 0) is 20.2 Å². The van der Waals surface area contributed by atoms with E-state index >= 15 is 0 Å². The summed E-state index contributed by atoms with van der Waals surface area (Å²) in [6.07, 6.45) is 8.28. The van der Waals surface area contributed by atoms with Crippen LogP contribution in [0.3, 0.4) is 0 Å². The van der Waals surface area contributed by atoms with Gasteiger partial charge in [-0.25, -0.2) is 13.1 Å². The lowest BCUT2D eigenvalue weighted by Crippen LogP contribution is -2.62. The third kappa shape index (κ3) is 5.81. The maximum absolute atomic E-state index is 13.2. The summed E-state index contributed by atoms with van der Waals surface area (Å²) < 4.78 is 28.5. The molecule has 0 aliphatic heterocycles. The van der Waals surface area contributed by atoms with Gasteiger partial charge in [0.2, 0.25) is 5.91 Å². The fourth-order valence-electron chi connectivity index (χ4n) is 11.2. The Kier molecular flexibility index (Phi) is 9.23. The number of hydrogen-bond acceptors (Lipinski definition) is 5. The molecule has 4 fully saturated rings. The van der Waals surface area contributed by atoms with E-state index in [1.807, 2.05) is 19.1 Å². The predicted molar refractivity (Wildman–Crippen MR) is 175 cm³/mol. The van der Waals surface area contributed by atoms with Crippen molar-refractivity contribution in [2.75, 3.05) is 0 Å². The number of nitrogens with one attached hydrogen (secondary N) is 1. The van der Waals surface area contributed by atoms with Crippen molar-refractivity contribution in [2.24, 2.45) is 58.2 Å². The SMILES string of the molecule is CC[C@@H]1C2C[C@H](O)CC[C@]2(C)[C@H]2CCC3(C)[C@@H]([C@H](C)C[C@@H](C)C(=O)NS(=O)(=O)c4ccc(C(C)(C)C)cc4)CC[C@H]3C2[C@@H]1O. The molecule has 5 rings (SSSR count). The number of benzene rings is 1. The second-order valence-electron chi connectivity index (χ2n) is 17.0. The highest BCUT2D eigenvalue weighted by molar-refractivity contribution is 7.90. The molecule has 3 unspecified atom stereocenters. The van der Waals surface area contributed by atoms with Crippen molar-refractivity contribution in [3.63, 3.8) is 0 Å². The van der Waals surface area contributed by atoms with E-state index in [0.29, 0.717) is 36.0 Å². The Morgan fingerprint density at radius 3 is 2.18 bits per heavy atom. The summed E-state index contributed by atoms with van der Waals surface area (Å²) >= 11 is 0. The molecule has 12 atom stereocenters. The minimum absolute atomic E-state index is 0.0854. The highest BCUT2D eigenvalue weighted by atomic mass is 32.2. The smallest absolute Gasteiger partial charge is 0.264 e. The van der Waals surface area contributed by atoms with Crippen LogP contribution in [0.2, 0.25) is 0 Å². The van der Waals surface area contributed by atoms with Gasteiger partial charge in [-0.1, -0.05) is 73.9 Å². The summed E-state index contributed by atoms with van der Waals surface area (Å²) in [6.45, 7) is 17.5. The molecule has 7 heteroatoms. The predicted octanol–water partition coefficient (Wildman–Crippen LogP) is 7.08. The molecule has 1 aromatic carbocycles. The number of amides is 1. The molecule has 0 heterocycles. The quantitative estimate of drug-likeness (QED) is 0.299. The highest BCUT2D eigenvalue weighted by Gasteiger charge is 2.64. The van der Waals surface area contributed by atoms with Crippen molar-refractivity contribution in [1.29, 1.82) is 0 Å². The van der Waals surface area contributed by atoms with Crippen LogP contribution in [0.25, 0.3) is 0 Å². The molecule has 0 aromatic heterocycles. The first-order valence-corrected chi connectivity index (χ1v) is 19.0. The molecule has 4 aliphatic carbocycles. The third-order valence-electron chi connectivity index (χ3n) is 13.6. The van der Waals surface area contributed by atoms with Crippen molar-refractivity contribution in [3.8, 4) is 0 Å². The molecule has 1 aromatic rings. The lowest BCUT2D eigenvalue weighted by Gasteiger charge is -2.64. The van der Waals surface area contributed by atoms with Crippen LogP contribution in [0.5, 0.6) is 0 Å². The molecule has 1 amide bonds. The van der Waals surface area contributed by atoms with Gasteiger partial charge in [0.25, 0.3) is 10.0 Å². The Bertz CT molecular complexity index is 1300. The monoisotopic (exact) mass is 629 g/mol. The molecule has 3 N–H and O–H groups in total. The van der Waals surface area contributed by atoms with Gasteiger partial charge in [-0.15, -0.1) is 0 Å². The number of aliphatic hydroxyl groups is 2. The zero-order chi connectivity index (χ0) is 32.4. The topological polar surface area (TPSA) is 104 Å². The van der Waals surface area contributed by atoms with Crippen molar-refractivity contribution < 1.29 is 23.4 Å². The number of sulfonamides is 1. The summed E-state index contributed by atoms with van der Waals surface area (Å²) in [4.78, 5) is 13.3. The van der Waals surface area contributed by atoms with Gasteiger partial charge >= 0.3 is 0 Å². The molecular weight excluding hydrogens is 570 g/mol. The average molecular weight is 630 g/mol. The van der Waals surface area contributed by atoms with Crippen LogP contribution < -0.4 is 4.72 Å². The lowest BCUT2D eigenvalue weighted by atomic mass is 9.41. The number of aliphatic hydroxyl groups excluding tert-OH is 2. The summed E-state index contributed by atoms with van der Waals surface area (Å²) in [5.41, 5.74) is 1.24. The molecule has 0 spiro atoms. The first-order valence-electron chi connectivity index (χ1n) is 17.5. The van der Waals surface area contributed by atoms with E-state index in [1.165, 1.54) is 0 Å². The zero-order valence-corrected chi connectivity index (χ0v) is 29.3. The van der Waals surface area contributed by atoms with Gasteiger partial charge in [0.1, 0.15) is 0 Å². The zero-order valence-electron chi connectivity index (χ0n) is 28.5. The maximum Gasteiger partial charge on any atom is 0.264 e. The number of hydrogen-bond donors (Lipinski definition) is 3. The second-order valence-corrected chi connectivity index (χ2v) is 18.7. The Hall–Kier alpha value is -1.44. The van der Waals surface area contributed by atoms with E-state index in [0.717, 1.165) is 56.9 Å². The molecule has 0 saturated heterocycles. The van der Waals surface area contributed by atoms with Gasteiger partial charge in [-0.05, 0) is 127 Å². The molecule has 248 valence electrons. The Morgan fingerprint density at radius 1 is 0.955 bits per heavy atom. The van der Waals surface area contributed by atoms with Crippen LogP contribution in [-0.4, -0.2) is 36.7 Å². The summed E-state index contributed by atoms with van der Waals surface area (Å²) in [5.74, 6) is 1.73. The molecule has 44 heavy (non-hydrogen) atoms. The summed E-state index contributed by atoms with van der Waals surface area (Å²) in [7, 11) is -3.94. The molecular formula is C37H59NO5S. The van der Waals surface area contributed by atoms with Crippen LogP contribution in [0.15, 0.2) is 29.2 Å². The van der Waals surface area contributed by atoms with Crippen LogP contribution in [0.4, 0.5) is 0 Å². The Balaban J connectivity index is 1.27. The first kappa shape index (κ1) is 33.9. The van der Waals surface area contributed by atoms with Gasteiger partial charge in [0.05, 0.1) is 17.1 Å². The van der Waals surface area contributed by atoms with E-state index < -0.39 is 21.8 Å². The van der Waals surface area contributed by atoms with Crippen LogP contribution in [0, 0.1) is 58.2 Å². The standard InChI is InChI=1S/C37H59NO5S/c1-9-27-31-21-25(39)16-18-37(31,8)30-17-19-36(7)28(14-15-29(36)32(30)33(27)40)22(2)20-23(3)34(41)38-44(42,43)26-12-10-24(11-13-26)35(4,5)6/h10-13,22-23,25,27-33,39-40H,9,14-21H2,1-8H3,(H,38,41)/t22-,23-,25-,27-,28-,29+,30+,31?,32?,33-,36?,37-/m1/s1. The van der Waals surface area contributed by atoms with Gasteiger partial charge in [0, 0.05) is 5.92 Å². The maximum atomic E-state index is 13.2. The Labute approximate surface area is 267 Å². The van der Waals surface area contributed by atoms with E-state index in [2.05, 4.69) is 53.2 Å².